The van der Waals surface area contributed by atoms with Gasteiger partial charge in [0.2, 0.25) is 10.0 Å². The smallest absolute Gasteiger partial charge is 0.326 e. The number of halogens is 1. The molecule has 0 radical (unpaired) electrons. The van der Waals surface area contributed by atoms with Crippen molar-refractivity contribution >= 4 is 31.9 Å². The Morgan fingerprint density at radius 3 is 2.29 bits per heavy atom. The number of carbonyl (C=O) groups excluding carboxylic acids is 1. The molecule has 6 nitrogen and oxygen atoms in total. The molecule has 0 amide bonds. The summed E-state index contributed by atoms with van der Waals surface area (Å²) in [6.45, 7) is -0.432. The Morgan fingerprint density at radius 1 is 1.17 bits per heavy atom. The summed E-state index contributed by atoms with van der Waals surface area (Å²) in [7, 11) is -2.55. The lowest BCUT2D eigenvalue weighted by atomic mass is 10.2. The second-order valence-corrected chi connectivity index (χ2v) is 7.79. The molecule has 0 fully saturated rings. The van der Waals surface area contributed by atoms with Crippen molar-refractivity contribution in [2.24, 2.45) is 0 Å². The molecular formula is C16H13BrN2O4S. The molecule has 24 heavy (non-hydrogen) atoms. The number of carbonyl (C=O) groups is 1. The number of hydrogen-bond donors (Lipinski definition) is 0. The molecule has 0 aliphatic heterocycles. The lowest BCUT2D eigenvalue weighted by Crippen LogP contribution is -2.34. The first-order valence-electron chi connectivity index (χ1n) is 6.75. The van der Waals surface area contributed by atoms with Gasteiger partial charge in [-0.25, -0.2) is 8.42 Å². The molecule has 2 aromatic rings. The van der Waals surface area contributed by atoms with E-state index < -0.39 is 22.5 Å². The summed E-state index contributed by atoms with van der Waals surface area (Å²) < 4.78 is 31.6. The van der Waals surface area contributed by atoms with Crippen molar-refractivity contribution in [3.63, 3.8) is 0 Å². The summed E-state index contributed by atoms with van der Waals surface area (Å²) >= 11 is 3.27. The molecule has 0 aliphatic rings. The zero-order chi connectivity index (χ0) is 17.7. The topological polar surface area (TPSA) is 87.5 Å². The molecule has 0 atom stereocenters. The van der Waals surface area contributed by atoms with Crippen LogP contribution >= 0.6 is 15.9 Å². The van der Waals surface area contributed by atoms with Gasteiger partial charge in [-0.3, -0.25) is 4.79 Å². The largest absolute Gasteiger partial charge is 0.426 e. The molecule has 0 heterocycles. The molecule has 0 aromatic heterocycles. The Kier molecular flexibility index (Phi) is 5.72. The monoisotopic (exact) mass is 408 g/mol. The van der Waals surface area contributed by atoms with Crippen LogP contribution < -0.4 is 4.74 Å². The van der Waals surface area contributed by atoms with E-state index in [1.54, 1.807) is 24.3 Å². The molecule has 8 heteroatoms. The molecule has 0 saturated heterocycles. The zero-order valence-electron chi connectivity index (χ0n) is 12.6. The van der Waals surface area contributed by atoms with Crippen LogP contribution in [0.3, 0.4) is 0 Å². The Morgan fingerprint density at radius 2 is 1.75 bits per heavy atom. The first kappa shape index (κ1) is 18.1. The van der Waals surface area contributed by atoms with E-state index in [9.17, 15) is 13.2 Å². The van der Waals surface area contributed by atoms with E-state index in [2.05, 4.69) is 15.9 Å². The van der Waals surface area contributed by atoms with Crippen LogP contribution in [0.25, 0.3) is 0 Å². The summed E-state index contributed by atoms with van der Waals surface area (Å²) in [5.41, 5.74) is 0.353. The average molecular weight is 409 g/mol. The second-order valence-electron chi connectivity index (χ2n) is 4.83. The molecule has 0 N–H and O–H groups in total. The highest BCUT2D eigenvalue weighted by Gasteiger charge is 2.23. The van der Waals surface area contributed by atoms with Gasteiger partial charge in [0.15, 0.2) is 0 Å². The molecule has 2 aromatic carbocycles. The highest BCUT2D eigenvalue weighted by Crippen LogP contribution is 2.18. The van der Waals surface area contributed by atoms with Crippen LogP contribution in [0.2, 0.25) is 0 Å². The number of sulfonamides is 1. The second kappa shape index (κ2) is 7.57. The molecule has 0 unspecified atom stereocenters. The first-order chi connectivity index (χ1) is 11.3. The van der Waals surface area contributed by atoms with Crippen LogP contribution in [0.5, 0.6) is 5.75 Å². The molecule has 124 valence electrons. The van der Waals surface area contributed by atoms with Crippen LogP contribution in [0.1, 0.15) is 5.56 Å². The van der Waals surface area contributed by atoms with Crippen molar-refractivity contribution in [3.8, 4) is 11.8 Å². The predicted octanol–water partition coefficient (Wildman–Crippen LogP) is 2.55. The van der Waals surface area contributed by atoms with Gasteiger partial charge >= 0.3 is 5.97 Å². The lowest BCUT2D eigenvalue weighted by Gasteiger charge is -2.16. The van der Waals surface area contributed by atoms with Gasteiger partial charge in [-0.2, -0.15) is 9.57 Å². The Bertz CT molecular complexity index is 872. The fourth-order valence-electron chi connectivity index (χ4n) is 1.81. The minimum absolute atomic E-state index is 0.000409. The summed E-state index contributed by atoms with van der Waals surface area (Å²) in [4.78, 5) is 11.9. The maximum atomic E-state index is 12.4. The quantitative estimate of drug-likeness (QED) is 0.560. The van der Waals surface area contributed by atoms with Crippen molar-refractivity contribution in [1.82, 2.24) is 4.31 Å². The maximum Gasteiger partial charge on any atom is 0.326 e. The van der Waals surface area contributed by atoms with Gasteiger partial charge in [0.25, 0.3) is 0 Å². The van der Waals surface area contributed by atoms with Crippen LogP contribution in [0.15, 0.2) is 57.9 Å². The number of likely N-dealkylation sites (N-methyl/N-ethyl adjacent to an activating group) is 1. The van der Waals surface area contributed by atoms with Crippen molar-refractivity contribution in [2.45, 2.75) is 4.90 Å². The minimum Gasteiger partial charge on any atom is -0.426 e. The van der Waals surface area contributed by atoms with Crippen LogP contribution in [0, 0.1) is 11.3 Å². The fourth-order valence-corrected chi connectivity index (χ4v) is 3.19. The Balaban J connectivity index is 2.06. The average Bonchev–Trinajstić information content (AvgIpc) is 2.57. The fraction of sp³-hybridized carbons (Fsp3) is 0.125. The number of benzene rings is 2. The number of hydrogen-bond acceptors (Lipinski definition) is 5. The van der Waals surface area contributed by atoms with E-state index in [0.717, 1.165) is 8.78 Å². The molecule has 0 bridgehead atoms. The summed E-state index contributed by atoms with van der Waals surface area (Å²) in [6.07, 6.45) is 0. The van der Waals surface area contributed by atoms with Crippen LogP contribution in [-0.4, -0.2) is 32.3 Å². The minimum atomic E-state index is -3.84. The first-order valence-corrected chi connectivity index (χ1v) is 8.99. The molecule has 2 rings (SSSR count). The van der Waals surface area contributed by atoms with Gasteiger partial charge in [-0.15, -0.1) is 0 Å². The highest BCUT2D eigenvalue weighted by atomic mass is 79.9. The zero-order valence-corrected chi connectivity index (χ0v) is 15.0. The third-order valence-electron chi connectivity index (χ3n) is 3.09. The Hall–Kier alpha value is -2.21. The van der Waals surface area contributed by atoms with E-state index >= 15 is 0 Å². The van der Waals surface area contributed by atoms with Crippen molar-refractivity contribution in [3.05, 3.63) is 58.6 Å². The van der Waals surface area contributed by atoms with Crippen molar-refractivity contribution in [2.75, 3.05) is 13.6 Å². The molecule has 0 saturated carbocycles. The van der Waals surface area contributed by atoms with E-state index in [4.69, 9.17) is 10.00 Å². The molecule has 0 aliphatic carbocycles. The maximum absolute atomic E-state index is 12.4. The van der Waals surface area contributed by atoms with Crippen LogP contribution in [-0.2, 0) is 14.8 Å². The normalized spacial score (nSPS) is 11.1. The lowest BCUT2D eigenvalue weighted by molar-refractivity contribution is -0.134. The third kappa shape index (κ3) is 4.41. The standard InChI is InChI=1S/C16H13BrN2O4S/c1-19(11-16(20)23-14-6-4-13(17)5-7-14)24(21,22)15-8-2-12(10-18)3-9-15/h2-9H,11H2,1H3. The van der Waals surface area contributed by atoms with Crippen molar-refractivity contribution in [1.29, 1.82) is 5.26 Å². The van der Waals surface area contributed by atoms with E-state index in [-0.39, 0.29) is 4.90 Å². The van der Waals surface area contributed by atoms with E-state index in [0.29, 0.717) is 11.3 Å². The number of nitriles is 1. The van der Waals surface area contributed by atoms with Gasteiger partial charge in [0.05, 0.1) is 16.5 Å². The number of ether oxygens (including phenoxy) is 1. The Labute approximate surface area is 148 Å². The number of rotatable bonds is 5. The number of nitrogens with zero attached hydrogens (tertiary/aromatic N) is 2. The molecule has 0 spiro atoms. The third-order valence-corrected chi connectivity index (χ3v) is 5.43. The van der Waals surface area contributed by atoms with Crippen molar-refractivity contribution < 1.29 is 17.9 Å². The summed E-state index contributed by atoms with van der Waals surface area (Å²) in [5.74, 6) is -0.371. The molecular weight excluding hydrogens is 396 g/mol. The number of esters is 1. The summed E-state index contributed by atoms with van der Waals surface area (Å²) in [6, 6.07) is 14.0. The van der Waals surface area contributed by atoms with Gasteiger partial charge in [-0.05, 0) is 48.5 Å². The van der Waals surface area contributed by atoms with Gasteiger partial charge in [0, 0.05) is 11.5 Å². The van der Waals surface area contributed by atoms with Gasteiger partial charge in [-0.1, -0.05) is 15.9 Å². The van der Waals surface area contributed by atoms with Gasteiger partial charge < -0.3 is 4.74 Å². The highest BCUT2D eigenvalue weighted by molar-refractivity contribution is 9.10. The van der Waals surface area contributed by atoms with E-state index in [1.165, 1.54) is 31.3 Å². The van der Waals surface area contributed by atoms with Gasteiger partial charge in [0.1, 0.15) is 12.3 Å². The SMILES string of the molecule is CN(CC(=O)Oc1ccc(Br)cc1)S(=O)(=O)c1ccc(C#N)cc1. The van der Waals surface area contributed by atoms with E-state index in [1.807, 2.05) is 6.07 Å². The predicted molar refractivity (Wildman–Crippen MR) is 90.7 cm³/mol. The summed E-state index contributed by atoms with van der Waals surface area (Å²) in [5, 5.41) is 8.74. The van der Waals surface area contributed by atoms with Crippen LogP contribution in [0.4, 0.5) is 0 Å².